The van der Waals surface area contributed by atoms with E-state index < -0.39 is 0 Å². The Morgan fingerprint density at radius 1 is 1.27 bits per heavy atom. The summed E-state index contributed by atoms with van der Waals surface area (Å²) in [6.45, 7) is 6.60. The lowest BCUT2D eigenvalue weighted by Gasteiger charge is -2.37. The Kier molecular flexibility index (Phi) is 4.31. The van der Waals surface area contributed by atoms with Crippen LogP contribution in [0.5, 0.6) is 0 Å². The molecule has 0 N–H and O–H groups in total. The molecule has 0 radical (unpaired) electrons. The molecule has 1 unspecified atom stereocenters. The molecule has 1 amide bonds. The summed E-state index contributed by atoms with van der Waals surface area (Å²) in [6, 6.07) is 3.78. The summed E-state index contributed by atoms with van der Waals surface area (Å²) in [4.78, 5) is 20.9. The number of anilines is 1. The van der Waals surface area contributed by atoms with E-state index in [2.05, 4.69) is 25.2 Å². The van der Waals surface area contributed by atoms with Crippen molar-refractivity contribution in [3.63, 3.8) is 0 Å². The second-order valence-electron chi connectivity index (χ2n) is 7.43. The number of ether oxygens (including phenoxy) is 1. The SMILES string of the molecule is CC1(C)COCN1C(=O)C1CCCN(c2ccc(-n3cncn3)nn2)C1. The molecular formula is C17H23N7O2. The summed E-state index contributed by atoms with van der Waals surface area (Å²) in [5.41, 5.74) is -0.237. The number of carbonyl (C=O) groups is 1. The second-order valence-corrected chi connectivity index (χ2v) is 7.43. The topological polar surface area (TPSA) is 89.3 Å². The zero-order valence-electron chi connectivity index (χ0n) is 15.1. The van der Waals surface area contributed by atoms with Crippen molar-refractivity contribution in [3.05, 3.63) is 24.8 Å². The molecule has 0 aromatic carbocycles. The number of nitrogens with zero attached hydrogens (tertiary/aromatic N) is 7. The first kappa shape index (κ1) is 16.9. The van der Waals surface area contributed by atoms with Crippen molar-refractivity contribution in [1.82, 2.24) is 29.9 Å². The summed E-state index contributed by atoms with van der Waals surface area (Å²) in [7, 11) is 0. The van der Waals surface area contributed by atoms with E-state index in [1.54, 1.807) is 11.0 Å². The van der Waals surface area contributed by atoms with Gasteiger partial charge in [0.25, 0.3) is 0 Å². The van der Waals surface area contributed by atoms with Crippen molar-refractivity contribution in [1.29, 1.82) is 0 Å². The fourth-order valence-electron chi connectivity index (χ4n) is 3.54. The van der Waals surface area contributed by atoms with Crippen LogP contribution in [0.25, 0.3) is 5.82 Å². The van der Waals surface area contributed by atoms with Crippen LogP contribution in [-0.4, -0.2) is 67.7 Å². The van der Waals surface area contributed by atoms with Crippen LogP contribution in [0.4, 0.5) is 5.82 Å². The van der Waals surface area contributed by atoms with Gasteiger partial charge in [-0.05, 0) is 38.8 Å². The standard InChI is InChI=1S/C17H23N7O2/c1-17(2)9-26-12-23(17)16(25)13-4-3-7-22(8-13)14-5-6-15(21-20-14)24-11-18-10-19-24/h5-6,10-11,13H,3-4,7-9,12H2,1-2H3. The van der Waals surface area contributed by atoms with Gasteiger partial charge in [0.1, 0.15) is 19.4 Å². The number of hydrogen-bond acceptors (Lipinski definition) is 7. The average Bonchev–Trinajstić information content (AvgIpc) is 3.31. The average molecular weight is 357 g/mol. The summed E-state index contributed by atoms with van der Waals surface area (Å²) >= 11 is 0. The van der Waals surface area contributed by atoms with Gasteiger partial charge in [0.15, 0.2) is 11.6 Å². The molecule has 0 bridgehead atoms. The van der Waals surface area contributed by atoms with E-state index in [0.29, 0.717) is 25.7 Å². The first-order valence-electron chi connectivity index (χ1n) is 8.87. The lowest BCUT2D eigenvalue weighted by molar-refractivity contribution is -0.139. The molecule has 2 aliphatic rings. The molecule has 0 aliphatic carbocycles. The first-order chi connectivity index (χ1) is 12.5. The number of aromatic nitrogens is 5. The minimum absolute atomic E-state index is 0.0403. The fraction of sp³-hybridized carbons (Fsp3) is 0.588. The maximum absolute atomic E-state index is 13.0. The molecule has 4 heterocycles. The molecule has 9 heteroatoms. The Hall–Kier alpha value is -2.55. The van der Waals surface area contributed by atoms with Gasteiger partial charge in [-0.15, -0.1) is 10.2 Å². The van der Waals surface area contributed by atoms with Gasteiger partial charge >= 0.3 is 0 Å². The van der Waals surface area contributed by atoms with Crippen LogP contribution in [-0.2, 0) is 9.53 Å². The summed E-state index contributed by atoms with van der Waals surface area (Å²) in [5, 5.41) is 12.6. The van der Waals surface area contributed by atoms with Gasteiger partial charge in [-0.25, -0.2) is 9.67 Å². The van der Waals surface area contributed by atoms with Crippen molar-refractivity contribution < 1.29 is 9.53 Å². The molecule has 2 aromatic heterocycles. The van der Waals surface area contributed by atoms with Crippen LogP contribution in [0.3, 0.4) is 0 Å². The van der Waals surface area contributed by atoms with E-state index in [1.165, 1.54) is 6.33 Å². The molecule has 138 valence electrons. The highest BCUT2D eigenvalue weighted by Crippen LogP contribution is 2.28. The van der Waals surface area contributed by atoms with Crippen LogP contribution >= 0.6 is 0 Å². The molecular weight excluding hydrogens is 334 g/mol. The van der Waals surface area contributed by atoms with Gasteiger partial charge in [0.2, 0.25) is 5.91 Å². The molecule has 2 fully saturated rings. The van der Waals surface area contributed by atoms with Gasteiger partial charge < -0.3 is 14.5 Å². The van der Waals surface area contributed by atoms with Crippen molar-refractivity contribution in [3.8, 4) is 5.82 Å². The van der Waals surface area contributed by atoms with E-state index in [-0.39, 0.29) is 17.4 Å². The minimum atomic E-state index is -0.237. The third-order valence-corrected chi connectivity index (χ3v) is 5.06. The monoisotopic (exact) mass is 357 g/mol. The number of rotatable bonds is 3. The van der Waals surface area contributed by atoms with Gasteiger partial charge in [0.05, 0.1) is 18.1 Å². The Morgan fingerprint density at radius 3 is 2.73 bits per heavy atom. The highest BCUT2D eigenvalue weighted by molar-refractivity contribution is 5.80. The van der Waals surface area contributed by atoms with Crippen LogP contribution in [0.1, 0.15) is 26.7 Å². The Morgan fingerprint density at radius 2 is 2.08 bits per heavy atom. The zero-order valence-corrected chi connectivity index (χ0v) is 15.1. The van der Waals surface area contributed by atoms with E-state index in [1.807, 2.05) is 30.9 Å². The normalized spacial score (nSPS) is 22.6. The predicted octanol–water partition coefficient (Wildman–Crippen LogP) is 0.869. The molecule has 0 spiro atoms. The summed E-state index contributed by atoms with van der Waals surface area (Å²) in [6.07, 6.45) is 4.89. The quantitative estimate of drug-likeness (QED) is 0.805. The third kappa shape index (κ3) is 3.14. The number of piperidine rings is 1. The zero-order chi connectivity index (χ0) is 18.1. The highest BCUT2D eigenvalue weighted by Gasteiger charge is 2.40. The van der Waals surface area contributed by atoms with E-state index in [4.69, 9.17) is 4.74 Å². The number of carbonyl (C=O) groups excluding carboxylic acids is 1. The maximum Gasteiger partial charge on any atom is 0.229 e. The van der Waals surface area contributed by atoms with Gasteiger partial charge in [-0.2, -0.15) is 5.10 Å². The van der Waals surface area contributed by atoms with E-state index in [9.17, 15) is 4.79 Å². The first-order valence-corrected chi connectivity index (χ1v) is 8.87. The van der Waals surface area contributed by atoms with Gasteiger partial charge in [-0.3, -0.25) is 4.79 Å². The minimum Gasteiger partial charge on any atom is -0.359 e. The summed E-state index contributed by atoms with van der Waals surface area (Å²) < 4.78 is 7.06. The van der Waals surface area contributed by atoms with Crippen LogP contribution in [0, 0.1) is 5.92 Å². The van der Waals surface area contributed by atoms with Crippen LogP contribution in [0.2, 0.25) is 0 Å². The Labute approximate surface area is 152 Å². The largest absolute Gasteiger partial charge is 0.359 e. The summed E-state index contributed by atoms with van der Waals surface area (Å²) in [5.74, 6) is 1.53. The molecule has 4 rings (SSSR count). The van der Waals surface area contributed by atoms with E-state index in [0.717, 1.165) is 25.2 Å². The molecule has 26 heavy (non-hydrogen) atoms. The molecule has 2 saturated heterocycles. The van der Waals surface area contributed by atoms with Crippen molar-refractivity contribution in [2.45, 2.75) is 32.2 Å². The van der Waals surface area contributed by atoms with Crippen molar-refractivity contribution in [2.75, 3.05) is 31.3 Å². The van der Waals surface area contributed by atoms with Crippen LogP contribution < -0.4 is 4.90 Å². The highest BCUT2D eigenvalue weighted by atomic mass is 16.5. The van der Waals surface area contributed by atoms with Gasteiger partial charge in [-0.1, -0.05) is 0 Å². The maximum atomic E-state index is 13.0. The Balaban J connectivity index is 1.46. The van der Waals surface area contributed by atoms with Gasteiger partial charge in [0, 0.05) is 13.1 Å². The van der Waals surface area contributed by atoms with Crippen LogP contribution in [0.15, 0.2) is 24.8 Å². The smallest absolute Gasteiger partial charge is 0.229 e. The van der Waals surface area contributed by atoms with Crippen molar-refractivity contribution in [2.24, 2.45) is 5.92 Å². The molecule has 1 atom stereocenters. The van der Waals surface area contributed by atoms with E-state index >= 15 is 0 Å². The molecule has 9 nitrogen and oxygen atoms in total. The lowest BCUT2D eigenvalue weighted by Crippen LogP contribution is -2.50. The molecule has 2 aliphatic heterocycles. The second kappa shape index (κ2) is 6.64. The fourth-order valence-corrected chi connectivity index (χ4v) is 3.54. The number of hydrogen-bond donors (Lipinski definition) is 0. The Bertz CT molecular complexity index is 760. The third-order valence-electron chi connectivity index (χ3n) is 5.06. The molecule has 0 saturated carbocycles. The number of amides is 1. The lowest BCUT2D eigenvalue weighted by atomic mass is 9.94. The van der Waals surface area contributed by atoms with Crippen molar-refractivity contribution >= 4 is 11.7 Å². The predicted molar refractivity (Wildman–Crippen MR) is 93.6 cm³/mol. The molecule has 2 aromatic rings.